The Morgan fingerprint density at radius 2 is 2.12 bits per heavy atom. The summed E-state index contributed by atoms with van der Waals surface area (Å²) in [6.45, 7) is 6.84. The van der Waals surface area contributed by atoms with E-state index < -0.39 is 0 Å². The molecule has 0 aliphatic carbocycles. The van der Waals surface area contributed by atoms with Crippen molar-refractivity contribution in [2.24, 2.45) is 5.92 Å². The van der Waals surface area contributed by atoms with Crippen LogP contribution in [-0.4, -0.2) is 48.5 Å². The number of ether oxygens (including phenoxy) is 1. The smallest absolute Gasteiger partial charge is 0.138 e. The average molecular weight is 330 g/mol. The Bertz CT molecular complexity index is 532. The summed E-state index contributed by atoms with van der Waals surface area (Å²) in [4.78, 5) is 19.4. The number of aromatic nitrogens is 1. The number of carbonyl (C=O) groups excluding carboxylic acids is 1. The van der Waals surface area contributed by atoms with Crippen LogP contribution in [-0.2, 0) is 9.53 Å². The Balaban J connectivity index is 1.36. The highest BCUT2D eigenvalue weighted by Gasteiger charge is 2.23. The fourth-order valence-electron chi connectivity index (χ4n) is 3.92. The molecule has 2 aliphatic rings. The van der Waals surface area contributed by atoms with Crippen LogP contribution in [0.1, 0.15) is 55.8 Å². The van der Waals surface area contributed by atoms with E-state index in [9.17, 15) is 4.79 Å². The number of pyridine rings is 1. The lowest BCUT2D eigenvalue weighted by atomic mass is 9.92. The maximum Gasteiger partial charge on any atom is 0.138 e. The first-order valence-corrected chi connectivity index (χ1v) is 9.49. The highest BCUT2D eigenvalue weighted by atomic mass is 16.5. The molecule has 1 unspecified atom stereocenters. The molecule has 0 spiro atoms. The van der Waals surface area contributed by atoms with Crippen molar-refractivity contribution in [3.63, 3.8) is 0 Å². The van der Waals surface area contributed by atoms with Crippen molar-refractivity contribution in [1.82, 2.24) is 9.88 Å². The third kappa shape index (κ3) is 4.87. The highest BCUT2D eigenvalue weighted by molar-refractivity contribution is 5.81. The Morgan fingerprint density at radius 3 is 2.83 bits per heavy atom. The molecule has 0 saturated carbocycles. The molecule has 4 heteroatoms. The number of aryl methyl sites for hydroxylation is 1. The van der Waals surface area contributed by atoms with Gasteiger partial charge in [-0.15, -0.1) is 0 Å². The molecule has 4 nitrogen and oxygen atoms in total. The number of hydrogen-bond donors (Lipinski definition) is 0. The van der Waals surface area contributed by atoms with Gasteiger partial charge in [0.1, 0.15) is 5.78 Å². The number of Topliss-reactive ketones (excluding diaryl/α,β-unsaturated/α-hetero) is 1. The van der Waals surface area contributed by atoms with Gasteiger partial charge in [-0.3, -0.25) is 9.78 Å². The SMILES string of the molecule is Cc1cccc(C2CCN(CCCC(=O)C3CCCOC3)CC2)n1. The number of rotatable bonds is 6. The molecule has 3 heterocycles. The first-order chi connectivity index (χ1) is 11.7. The fourth-order valence-corrected chi connectivity index (χ4v) is 3.92. The second kappa shape index (κ2) is 8.72. The number of likely N-dealkylation sites (tertiary alicyclic amines) is 1. The van der Waals surface area contributed by atoms with Crippen LogP contribution in [0.5, 0.6) is 0 Å². The molecule has 2 fully saturated rings. The maximum atomic E-state index is 12.2. The summed E-state index contributed by atoms with van der Waals surface area (Å²) < 4.78 is 5.42. The van der Waals surface area contributed by atoms with Crippen LogP contribution in [0.4, 0.5) is 0 Å². The Kier molecular flexibility index (Phi) is 6.38. The largest absolute Gasteiger partial charge is 0.381 e. The van der Waals surface area contributed by atoms with Crippen LogP contribution < -0.4 is 0 Å². The van der Waals surface area contributed by atoms with E-state index in [0.717, 1.165) is 51.2 Å². The zero-order valence-electron chi connectivity index (χ0n) is 14.9. The topological polar surface area (TPSA) is 42.4 Å². The molecular weight excluding hydrogens is 300 g/mol. The number of carbonyl (C=O) groups is 1. The summed E-state index contributed by atoms with van der Waals surface area (Å²) in [5.41, 5.74) is 2.36. The Hall–Kier alpha value is -1.26. The average Bonchev–Trinajstić information content (AvgIpc) is 2.63. The number of hydrogen-bond acceptors (Lipinski definition) is 4. The molecule has 1 aromatic heterocycles. The minimum absolute atomic E-state index is 0.164. The van der Waals surface area contributed by atoms with Gasteiger partial charge in [0.25, 0.3) is 0 Å². The second-order valence-electron chi connectivity index (χ2n) is 7.30. The van der Waals surface area contributed by atoms with Gasteiger partial charge in [0.2, 0.25) is 0 Å². The zero-order chi connectivity index (χ0) is 16.8. The first kappa shape index (κ1) is 17.6. The number of ketones is 1. The molecule has 0 bridgehead atoms. The first-order valence-electron chi connectivity index (χ1n) is 9.49. The molecule has 132 valence electrons. The van der Waals surface area contributed by atoms with Gasteiger partial charge in [-0.1, -0.05) is 6.07 Å². The molecule has 1 aromatic rings. The van der Waals surface area contributed by atoms with Gasteiger partial charge in [0.15, 0.2) is 0 Å². The van der Waals surface area contributed by atoms with Crippen molar-refractivity contribution < 1.29 is 9.53 Å². The predicted molar refractivity (Wildman–Crippen MR) is 95.2 cm³/mol. The third-order valence-corrected chi connectivity index (χ3v) is 5.43. The lowest BCUT2D eigenvalue weighted by molar-refractivity contribution is -0.126. The molecule has 0 radical (unpaired) electrons. The van der Waals surface area contributed by atoms with Crippen LogP contribution in [0.2, 0.25) is 0 Å². The quantitative estimate of drug-likeness (QED) is 0.802. The van der Waals surface area contributed by atoms with E-state index >= 15 is 0 Å². The monoisotopic (exact) mass is 330 g/mol. The predicted octanol–water partition coefficient (Wildman–Crippen LogP) is 3.35. The van der Waals surface area contributed by atoms with Crippen molar-refractivity contribution in [2.75, 3.05) is 32.8 Å². The summed E-state index contributed by atoms with van der Waals surface area (Å²) >= 11 is 0. The van der Waals surface area contributed by atoms with Crippen molar-refractivity contribution in [3.8, 4) is 0 Å². The van der Waals surface area contributed by atoms with E-state index in [-0.39, 0.29) is 5.92 Å². The summed E-state index contributed by atoms with van der Waals surface area (Å²) in [6.07, 6.45) is 6.13. The molecule has 0 N–H and O–H groups in total. The molecule has 0 aromatic carbocycles. The molecule has 2 saturated heterocycles. The van der Waals surface area contributed by atoms with Crippen LogP contribution in [0, 0.1) is 12.8 Å². The van der Waals surface area contributed by atoms with Gasteiger partial charge in [0.05, 0.1) is 6.61 Å². The van der Waals surface area contributed by atoms with Gasteiger partial charge in [-0.25, -0.2) is 0 Å². The summed E-state index contributed by atoms with van der Waals surface area (Å²) in [7, 11) is 0. The van der Waals surface area contributed by atoms with Crippen molar-refractivity contribution >= 4 is 5.78 Å². The maximum absolute atomic E-state index is 12.2. The minimum Gasteiger partial charge on any atom is -0.381 e. The van der Waals surface area contributed by atoms with E-state index in [4.69, 9.17) is 4.74 Å². The van der Waals surface area contributed by atoms with Crippen molar-refractivity contribution in [2.45, 2.75) is 51.4 Å². The lowest BCUT2D eigenvalue weighted by Gasteiger charge is -2.31. The van der Waals surface area contributed by atoms with E-state index in [1.807, 2.05) is 0 Å². The number of nitrogens with zero attached hydrogens (tertiary/aromatic N) is 2. The normalized spacial score (nSPS) is 23.3. The van der Waals surface area contributed by atoms with E-state index in [2.05, 4.69) is 35.0 Å². The molecule has 3 rings (SSSR count). The molecule has 1 atom stereocenters. The lowest BCUT2D eigenvalue weighted by Crippen LogP contribution is -2.34. The van der Waals surface area contributed by atoms with E-state index in [1.165, 1.54) is 18.5 Å². The van der Waals surface area contributed by atoms with Crippen molar-refractivity contribution in [3.05, 3.63) is 29.6 Å². The van der Waals surface area contributed by atoms with Crippen LogP contribution >= 0.6 is 0 Å². The molecule has 0 amide bonds. The standard InChI is InChI=1S/C20H30N2O2/c1-16-5-2-7-19(21-16)17-9-12-22(13-10-17)11-3-8-20(23)18-6-4-14-24-15-18/h2,5,7,17-18H,3-4,6,8-15H2,1H3. The van der Waals surface area contributed by atoms with Crippen molar-refractivity contribution in [1.29, 1.82) is 0 Å². The van der Waals surface area contributed by atoms with Gasteiger partial charge in [-0.05, 0) is 70.8 Å². The van der Waals surface area contributed by atoms with Gasteiger partial charge >= 0.3 is 0 Å². The molecular formula is C20H30N2O2. The van der Waals surface area contributed by atoms with Gasteiger partial charge in [0, 0.05) is 36.3 Å². The van der Waals surface area contributed by atoms with Crippen LogP contribution in [0.3, 0.4) is 0 Å². The second-order valence-corrected chi connectivity index (χ2v) is 7.30. The minimum atomic E-state index is 0.164. The number of piperidine rings is 1. The van der Waals surface area contributed by atoms with E-state index in [1.54, 1.807) is 0 Å². The zero-order valence-corrected chi connectivity index (χ0v) is 14.9. The van der Waals surface area contributed by atoms with Gasteiger partial charge in [-0.2, -0.15) is 0 Å². The molecule has 24 heavy (non-hydrogen) atoms. The van der Waals surface area contributed by atoms with Crippen LogP contribution in [0.15, 0.2) is 18.2 Å². The Labute approximate surface area is 145 Å². The Morgan fingerprint density at radius 1 is 1.29 bits per heavy atom. The third-order valence-electron chi connectivity index (χ3n) is 5.43. The summed E-state index contributed by atoms with van der Waals surface area (Å²) in [5, 5.41) is 0. The molecule has 2 aliphatic heterocycles. The van der Waals surface area contributed by atoms with E-state index in [0.29, 0.717) is 24.7 Å². The highest BCUT2D eigenvalue weighted by Crippen LogP contribution is 2.27. The fraction of sp³-hybridized carbons (Fsp3) is 0.700. The van der Waals surface area contributed by atoms with Crippen LogP contribution in [0.25, 0.3) is 0 Å². The van der Waals surface area contributed by atoms with Gasteiger partial charge < -0.3 is 9.64 Å². The summed E-state index contributed by atoms with van der Waals surface area (Å²) in [5.74, 6) is 1.17. The summed E-state index contributed by atoms with van der Waals surface area (Å²) in [6, 6.07) is 6.34.